The minimum Gasteiger partial charge on any atom is -0.489 e. The molecule has 0 aliphatic heterocycles. The molecule has 2 aromatic rings. The fraction of sp³-hybridized carbons (Fsp3) is 0.400. The normalized spacial score (nSPS) is 11.3. The maximum absolute atomic E-state index is 14.1. The van der Waals surface area contributed by atoms with Crippen LogP contribution in [0.2, 0.25) is 0 Å². The lowest BCUT2D eigenvalue weighted by Crippen LogP contribution is -2.19. The second-order valence-corrected chi connectivity index (χ2v) is 8.24. The Morgan fingerprint density at radius 2 is 1.44 bits per heavy atom. The Bertz CT molecular complexity index is 1110. The molecule has 39 heavy (non-hydrogen) atoms. The van der Waals surface area contributed by atoms with E-state index in [1.54, 1.807) is 56.7 Å². The lowest BCUT2D eigenvalue weighted by Gasteiger charge is -2.21. The predicted octanol–water partition coefficient (Wildman–Crippen LogP) is 4.76. The average molecular weight is 543 g/mol. The van der Waals surface area contributed by atoms with Crippen molar-refractivity contribution in [2.45, 2.75) is 19.3 Å². The largest absolute Gasteiger partial charge is 0.489 e. The van der Waals surface area contributed by atoms with E-state index in [9.17, 15) is 9.59 Å². The van der Waals surface area contributed by atoms with Gasteiger partial charge in [-0.05, 0) is 36.2 Å². The summed E-state index contributed by atoms with van der Waals surface area (Å²) in [7, 11) is 4.46. The van der Waals surface area contributed by atoms with Crippen molar-refractivity contribution in [2.24, 2.45) is 0 Å². The van der Waals surface area contributed by atoms with E-state index in [1.165, 1.54) is 7.11 Å². The van der Waals surface area contributed by atoms with Crippen molar-refractivity contribution < 1.29 is 42.7 Å². The van der Waals surface area contributed by atoms with Crippen LogP contribution in [0.1, 0.15) is 40.7 Å². The van der Waals surface area contributed by atoms with Gasteiger partial charge in [-0.25, -0.2) is 0 Å². The van der Waals surface area contributed by atoms with Crippen LogP contribution in [0, 0.1) is 0 Å². The molecule has 9 nitrogen and oxygen atoms in total. The van der Waals surface area contributed by atoms with Gasteiger partial charge in [0.1, 0.15) is 37.9 Å². The Morgan fingerprint density at radius 1 is 0.795 bits per heavy atom. The van der Waals surface area contributed by atoms with Gasteiger partial charge in [0.05, 0.1) is 31.8 Å². The van der Waals surface area contributed by atoms with E-state index in [4.69, 9.17) is 33.2 Å². The molecule has 0 heterocycles. The van der Waals surface area contributed by atoms with Crippen LogP contribution < -0.4 is 18.9 Å². The highest BCUT2D eigenvalue weighted by molar-refractivity contribution is 6.13. The topological polar surface area (TPSA) is 98.8 Å². The van der Waals surface area contributed by atoms with Gasteiger partial charge in [0.2, 0.25) is 0 Å². The average Bonchev–Trinajstić information content (AvgIpc) is 2.95. The van der Waals surface area contributed by atoms with Crippen molar-refractivity contribution in [1.82, 2.24) is 0 Å². The van der Waals surface area contributed by atoms with Gasteiger partial charge in [-0.1, -0.05) is 32.2 Å². The van der Waals surface area contributed by atoms with Crippen LogP contribution in [0.5, 0.6) is 23.0 Å². The number of carbonyl (C=O) groups is 2. The fourth-order valence-electron chi connectivity index (χ4n) is 3.78. The van der Waals surface area contributed by atoms with Gasteiger partial charge in [0.25, 0.3) is 0 Å². The SMILES string of the molecule is C=CCOc1cc(OCC=C)c(C(=O)c2ccc(OCCOC)c(OCCOC)c2)c(C(CC)C(=O)OC)c1. The first-order valence-corrected chi connectivity index (χ1v) is 12.6. The number of hydrogen-bond donors (Lipinski definition) is 0. The predicted molar refractivity (Wildman–Crippen MR) is 147 cm³/mol. The Hall–Kier alpha value is -3.82. The molecule has 0 aliphatic carbocycles. The standard InChI is InChI=1S/C30H38O9/c1-7-12-36-22-19-24(23(9-3)30(32)35-6)28(27(20-22)37-13-8-2)29(31)21-10-11-25(38-16-14-33-4)26(18-21)39-17-15-34-5/h7-8,10-11,18-20,23H,1-2,9,12-17H2,3-6H3. The van der Waals surface area contributed by atoms with E-state index >= 15 is 0 Å². The van der Waals surface area contributed by atoms with Crippen LogP contribution in [0.3, 0.4) is 0 Å². The highest BCUT2D eigenvalue weighted by Gasteiger charge is 2.30. The number of ether oxygens (including phenoxy) is 7. The van der Waals surface area contributed by atoms with Crippen molar-refractivity contribution in [3.8, 4) is 23.0 Å². The van der Waals surface area contributed by atoms with Crippen LogP contribution in [-0.4, -0.2) is 72.7 Å². The van der Waals surface area contributed by atoms with Crippen LogP contribution in [0.15, 0.2) is 55.6 Å². The number of esters is 1. The fourth-order valence-corrected chi connectivity index (χ4v) is 3.78. The van der Waals surface area contributed by atoms with Gasteiger partial charge in [-0.15, -0.1) is 0 Å². The maximum atomic E-state index is 14.1. The summed E-state index contributed by atoms with van der Waals surface area (Å²) < 4.78 is 38.5. The summed E-state index contributed by atoms with van der Waals surface area (Å²) in [5.74, 6) is -0.0857. The van der Waals surface area contributed by atoms with Crippen LogP contribution in [0.25, 0.3) is 0 Å². The van der Waals surface area contributed by atoms with E-state index < -0.39 is 11.9 Å². The van der Waals surface area contributed by atoms with Gasteiger partial charge in [0, 0.05) is 25.8 Å². The first kappa shape index (κ1) is 31.4. The Morgan fingerprint density at radius 3 is 2.03 bits per heavy atom. The summed E-state index contributed by atoms with van der Waals surface area (Å²) in [6, 6.07) is 8.18. The number of methoxy groups -OCH3 is 3. The van der Waals surface area contributed by atoms with Crippen molar-refractivity contribution in [3.63, 3.8) is 0 Å². The number of ketones is 1. The second-order valence-electron chi connectivity index (χ2n) is 8.24. The number of rotatable bonds is 19. The molecular formula is C30H38O9. The van der Waals surface area contributed by atoms with Crippen LogP contribution in [-0.2, 0) is 19.0 Å². The number of hydrogen-bond acceptors (Lipinski definition) is 9. The zero-order valence-electron chi connectivity index (χ0n) is 23.2. The summed E-state index contributed by atoms with van der Waals surface area (Å²) in [5, 5.41) is 0. The second kappa shape index (κ2) is 16.9. The lowest BCUT2D eigenvalue weighted by molar-refractivity contribution is -0.142. The van der Waals surface area contributed by atoms with Crippen molar-refractivity contribution in [1.29, 1.82) is 0 Å². The van der Waals surface area contributed by atoms with Crippen molar-refractivity contribution in [2.75, 3.05) is 61.0 Å². The van der Waals surface area contributed by atoms with Crippen molar-refractivity contribution in [3.05, 3.63) is 72.3 Å². The minimum atomic E-state index is -0.735. The molecule has 0 N–H and O–H groups in total. The maximum Gasteiger partial charge on any atom is 0.313 e. The summed E-state index contributed by atoms with van der Waals surface area (Å²) in [6.07, 6.45) is 3.55. The van der Waals surface area contributed by atoms with Crippen LogP contribution in [0.4, 0.5) is 0 Å². The molecule has 212 valence electrons. The summed E-state index contributed by atoms with van der Waals surface area (Å²) in [6.45, 7) is 10.9. The molecule has 2 rings (SSSR count). The third kappa shape index (κ3) is 8.87. The van der Waals surface area contributed by atoms with E-state index in [0.717, 1.165) is 0 Å². The third-order valence-electron chi connectivity index (χ3n) is 5.62. The molecule has 0 radical (unpaired) electrons. The van der Waals surface area contributed by atoms with E-state index in [-0.39, 0.29) is 36.9 Å². The molecule has 2 aromatic carbocycles. The van der Waals surface area contributed by atoms with Crippen molar-refractivity contribution >= 4 is 11.8 Å². The molecule has 1 atom stereocenters. The molecule has 0 amide bonds. The molecule has 0 fully saturated rings. The van der Waals surface area contributed by atoms with E-state index in [1.807, 2.05) is 6.92 Å². The zero-order chi connectivity index (χ0) is 28.6. The third-order valence-corrected chi connectivity index (χ3v) is 5.62. The Labute approximate surface area is 230 Å². The van der Waals surface area contributed by atoms with Crippen LogP contribution >= 0.6 is 0 Å². The molecule has 0 aliphatic rings. The Kier molecular flexibility index (Phi) is 13.6. The van der Waals surface area contributed by atoms with Gasteiger partial charge in [-0.2, -0.15) is 0 Å². The van der Waals surface area contributed by atoms with Gasteiger partial charge < -0.3 is 33.2 Å². The molecule has 0 bridgehead atoms. The highest BCUT2D eigenvalue weighted by atomic mass is 16.5. The number of carbonyl (C=O) groups excluding carboxylic acids is 2. The molecular weight excluding hydrogens is 504 g/mol. The zero-order valence-corrected chi connectivity index (χ0v) is 23.2. The first-order valence-electron chi connectivity index (χ1n) is 12.6. The van der Waals surface area contributed by atoms with E-state index in [0.29, 0.717) is 54.6 Å². The Balaban J connectivity index is 2.68. The monoisotopic (exact) mass is 542 g/mol. The minimum absolute atomic E-state index is 0.136. The smallest absolute Gasteiger partial charge is 0.313 e. The first-order chi connectivity index (χ1) is 18.9. The quantitative estimate of drug-likeness (QED) is 0.108. The summed E-state index contributed by atoms with van der Waals surface area (Å²) in [4.78, 5) is 26.9. The summed E-state index contributed by atoms with van der Waals surface area (Å²) >= 11 is 0. The van der Waals surface area contributed by atoms with Gasteiger partial charge in [-0.3, -0.25) is 9.59 Å². The highest BCUT2D eigenvalue weighted by Crippen LogP contribution is 2.38. The van der Waals surface area contributed by atoms with E-state index in [2.05, 4.69) is 13.2 Å². The number of benzene rings is 2. The van der Waals surface area contributed by atoms with Gasteiger partial charge in [0.15, 0.2) is 17.3 Å². The molecule has 0 saturated heterocycles. The summed E-state index contributed by atoms with van der Waals surface area (Å²) in [5.41, 5.74) is 0.957. The molecule has 0 spiro atoms. The molecule has 0 aromatic heterocycles. The van der Waals surface area contributed by atoms with Gasteiger partial charge >= 0.3 is 5.97 Å². The lowest BCUT2D eigenvalue weighted by atomic mass is 9.87. The molecule has 9 heteroatoms. The molecule has 1 unspecified atom stereocenters. The molecule has 0 saturated carbocycles.